The van der Waals surface area contributed by atoms with Gasteiger partial charge in [-0.1, -0.05) is 72.8 Å². The Morgan fingerprint density at radius 3 is 1.97 bits per heavy atom. The summed E-state index contributed by atoms with van der Waals surface area (Å²) in [5.74, 6) is 0. The van der Waals surface area contributed by atoms with Crippen LogP contribution in [0.4, 0.5) is 0 Å². The van der Waals surface area contributed by atoms with Gasteiger partial charge in [0.25, 0.3) is 0 Å². The molecule has 0 saturated carbocycles. The summed E-state index contributed by atoms with van der Waals surface area (Å²) in [5, 5.41) is 11.7. The lowest BCUT2D eigenvalue weighted by molar-refractivity contribution is 1.18. The van der Waals surface area contributed by atoms with E-state index in [1.54, 1.807) is 12.3 Å². The second-order valence-corrected chi connectivity index (χ2v) is 8.04. The molecular weight excluding hydrogens is 402 g/mol. The minimum atomic E-state index is 0.614. The summed E-state index contributed by atoms with van der Waals surface area (Å²) in [5.41, 5.74) is 8.25. The molecule has 6 rings (SSSR count). The van der Waals surface area contributed by atoms with E-state index in [0.29, 0.717) is 5.56 Å². The topological polar surface area (TPSA) is 41.6 Å². The van der Waals surface area contributed by atoms with Gasteiger partial charge in [0.2, 0.25) is 0 Å². The molecule has 33 heavy (non-hydrogen) atoms. The van der Waals surface area contributed by atoms with E-state index in [0.717, 1.165) is 28.1 Å². The molecule has 0 atom stereocenters. The molecule has 6 aromatic rings. The van der Waals surface area contributed by atoms with Gasteiger partial charge in [-0.3, -0.25) is 4.98 Å². The Balaban J connectivity index is 1.44. The van der Waals surface area contributed by atoms with Gasteiger partial charge in [-0.05, 0) is 47.5 Å². The van der Waals surface area contributed by atoms with Crippen molar-refractivity contribution in [3.8, 4) is 34.1 Å². The van der Waals surface area contributed by atoms with Gasteiger partial charge in [0, 0.05) is 28.2 Å². The van der Waals surface area contributed by atoms with E-state index in [9.17, 15) is 0 Å². The van der Waals surface area contributed by atoms with Crippen molar-refractivity contribution in [2.24, 2.45) is 0 Å². The molecule has 0 aliphatic heterocycles. The summed E-state index contributed by atoms with van der Waals surface area (Å²) >= 11 is 0. The Labute approximate surface area is 191 Å². The van der Waals surface area contributed by atoms with E-state index in [2.05, 4.69) is 113 Å². The summed E-state index contributed by atoms with van der Waals surface area (Å²) in [6, 6.07) is 39.8. The minimum Gasteiger partial charge on any atom is -0.309 e. The van der Waals surface area contributed by atoms with Crippen LogP contribution in [0.25, 0.3) is 49.9 Å². The summed E-state index contributed by atoms with van der Waals surface area (Å²) in [4.78, 5) is 4.41. The average molecular weight is 422 g/mol. The molecule has 0 spiro atoms. The first-order valence-corrected chi connectivity index (χ1v) is 10.9. The highest BCUT2D eigenvalue weighted by molar-refractivity contribution is 6.09. The summed E-state index contributed by atoms with van der Waals surface area (Å²) in [6.07, 6.45) is 1.68. The number of aromatic nitrogens is 2. The van der Waals surface area contributed by atoms with Crippen molar-refractivity contribution in [2.75, 3.05) is 0 Å². The largest absolute Gasteiger partial charge is 0.309 e. The molecule has 0 saturated heterocycles. The molecule has 0 fully saturated rings. The maximum Gasteiger partial charge on any atom is 0.0992 e. The fraction of sp³-hybridized carbons (Fsp3) is 0. The van der Waals surface area contributed by atoms with Crippen LogP contribution in [-0.2, 0) is 0 Å². The van der Waals surface area contributed by atoms with Crippen LogP contribution >= 0.6 is 0 Å². The van der Waals surface area contributed by atoms with Gasteiger partial charge in [-0.25, -0.2) is 0 Å². The lowest BCUT2D eigenvalue weighted by atomic mass is 10.0. The van der Waals surface area contributed by atoms with Gasteiger partial charge in [-0.15, -0.1) is 0 Å². The van der Waals surface area contributed by atoms with Gasteiger partial charge in [-0.2, -0.15) is 5.26 Å². The van der Waals surface area contributed by atoms with E-state index < -0.39 is 0 Å². The van der Waals surface area contributed by atoms with E-state index >= 15 is 0 Å². The molecular formula is C30H19N3. The second kappa shape index (κ2) is 7.78. The van der Waals surface area contributed by atoms with Crippen LogP contribution in [0.5, 0.6) is 0 Å². The van der Waals surface area contributed by atoms with Crippen LogP contribution in [0, 0.1) is 11.3 Å². The molecule has 0 N–H and O–H groups in total. The Morgan fingerprint density at radius 1 is 0.606 bits per heavy atom. The standard InChI is InChI=1S/C30H19N3/c31-20-21-16-17-32-28(18-21)23-14-12-22(13-15-23)24-6-5-7-25(19-24)33-29-10-3-1-8-26(29)27-9-2-4-11-30(27)33/h1-19H. The molecule has 154 valence electrons. The van der Waals surface area contributed by atoms with Crippen molar-refractivity contribution in [3.63, 3.8) is 0 Å². The van der Waals surface area contributed by atoms with Crippen LogP contribution in [0.1, 0.15) is 5.56 Å². The Bertz CT molecular complexity index is 1610. The monoisotopic (exact) mass is 421 g/mol. The van der Waals surface area contributed by atoms with Crippen LogP contribution < -0.4 is 0 Å². The first-order chi connectivity index (χ1) is 16.3. The van der Waals surface area contributed by atoms with Crippen molar-refractivity contribution in [2.45, 2.75) is 0 Å². The first-order valence-electron chi connectivity index (χ1n) is 10.9. The molecule has 2 heterocycles. The number of nitrogens with zero attached hydrogens (tertiary/aromatic N) is 3. The van der Waals surface area contributed by atoms with Crippen LogP contribution in [0.2, 0.25) is 0 Å². The zero-order valence-electron chi connectivity index (χ0n) is 17.8. The van der Waals surface area contributed by atoms with Gasteiger partial charge >= 0.3 is 0 Å². The highest BCUT2D eigenvalue weighted by atomic mass is 15.0. The number of hydrogen-bond acceptors (Lipinski definition) is 2. The highest BCUT2D eigenvalue weighted by Crippen LogP contribution is 2.33. The van der Waals surface area contributed by atoms with Crippen molar-refractivity contribution in [3.05, 3.63) is 121 Å². The van der Waals surface area contributed by atoms with E-state index in [1.807, 2.05) is 6.07 Å². The average Bonchev–Trinajstić information content (AvgIpc) is 3.23. The fourth-order valence-corrected chi connectivity index (χ4v) is 4.52. The van der Waals surface area contributed by atoms with Gasteiger partial charge in [0.1, 0.15) is 0 Å². The zero-order valence-corrected chi connectivity index (χ0v) is 17.8. The molecule has 3 heteroatoms. The molecule has 0 radical (unpaired) electrons. The number of benzene rings is 4. The second-order valence-electron chi connectivity index (χ2n) is 8.04. The lowest BCUT2D eigenvalue weighted by Crippen LogP contribution is -1.94. The van der Waals surface area contributed by atoms with Crippen LogP contribution in [0.3, 0.4) is 0 Å². The number of rotatable bonds is 3. The van der Waals surface area contributed by atoms with Gasteiger partial charge in [0.15, 0.2) is 0 Å². The summed E-state index contributed by atoms with van der Waals surface area (Å²) < 4.78 is 2.33. The van der Waals surface area contributed by atoms with E-state index in [1.165, 1.54) is 21.8 Å². The third-order valence-electron chi connectivity index (χ3n) is 6.09. The predicted molar refractivity (Wildman–Crippen MR) is 134 cm³/mol. The molecule has 2 aromatic heterocycles. The summed E-state index contributed by atoms with van der Waals surface area (Å²) in [7, 11) is 0. The number of pyridine rings is 1. The van der Waals surface area contributed by atoms with Crippen molar-refractivity contribution >= 4 is 21.8 Å². The number of nitriles is 1. The SMILES string of the molecule is N#Cc1ccnc(-c2ccc(-c3cccc(-n4c5ccccc5c5ccccc54)c3)cc2)c1. The molecule has 0 bridgehead atoms. The molecule has 0 amide bonds. The number of hydrogen-bond donors (Lipinski definition) is 0. The smallest absolute Gasteiger partial charge is 0.0992 e. The zero-order chi connectivity index (χ0) is 22.2. The van der Waals surface area contributed by atoms with E-state index in [4.69, 9.17) is 5.26 Å². The quantitative estimate of drug-likeness (QED) is 0.299. The molecule has 0 aliphatic carbocycles. The minimum absolute atomic E-state index is 0.614. The fourth-order valence-electron chi connectivity index (χ4n) is 4.52. The van der Waals surface area contributed by atoms with Gasteiger partial charge in [0.05, 0.1) is 28.4 Å². The lowest BCUT2D eigenvalue weighted by Gasteiger charge is -2.11. The predicted octanol–water partition coefficient (Wildman–Crippen LogP) is 7.38. The van der Waals surface area contributed by atoms with E-state index in [-0.39, 0.29) is 0 Å². The maximum absolute atomic E-state index is 9.16. The molecule has 0 aliphatic rings. The number of fused-ring (bicyclic) bond motifs is 3. The Kier molecular flexibility index (Phi) is 4.49. The molecule has 3 nitrogen and oxygen atoms in total. The maximum atomic E-state index is 9.16. The summed E-state index contributed by atoms with van der Waals surface area (Å²) in [6.45, 7) is 0. The van der Waals surface area contributed by atoms with Crippen LogP contribution in [-0.4, -0.2) is 9.55 Å². The van der Waals surface area contributed by atoms with Crippen molar-refractivity contribution < 1.29 is 0 Å². The van der Waals surface area contributed by atoms with Crippen LogP contribution in [0.15, 0.2) is 115 Å². The van der Waals surface area contributed by atoms with Crippen molar-refractivity contribution in [1.82, 2.24) is 9.55 Å². The normalized spacial score (nSPS) is 11.0. The highest BCUT2D eigenvalue weighted by Gasteiger charge is 2.12. The third-order valence-corrected chi connectivity index (χ3v) is 6.09. The Hall–Kier alpha value is -4.68. The van der Waals surface area contributed by atoms with Crippen molar-refractivity contribution in [1.29, 1.82) is 5.26 Å². The van der Waals surface area contributed by atoms with Gasteiger partial charge < -0.3 is 4.57 Å². The number of para-hydroxylation sites is 2. The third kappa shape index (κ3) is 3.26. The molecule has 4 aromatic carbocycles. The molecule has 0 unspecified atom stereocenters. The Morgan fingerprint density at radius 2 is 1.27 bits per heavy atom. The first kappa shape index (κ1) is 19.0.